The number of hydrogen-bond donors (Lipinski definition) is 1. The van der Waals surface area contributed by atoms with Crippen molar-refractivity contribution in [1.29, 1.82) is 0 Å². The van der Waals surface area contributed by atoms with Gasteiger partial charge in [-0.1, -0.05) is 39.5 Å². The van der Waals surface area contributed by atoms with Crippen LogP contribution in [0.25, 0.3) is 0 Å². The van der Waals surface area contributed by atoms with E-state index in [-0.39, 0.29) is 0 Å². The smallest absolute Gasteiger partial charge is 0.0964 e. The van der Waals surface area contributed by atoms with E-state index < -0.39 is 0 Å². The van der Waals surface area contributed by atoms with Gasteiger partial charge in [-0.15, -0.1) is 0 Å². The van der Waals surface area contributed by atoms with Crippen molar-refractivity contribution < 1.29 is 0 Å². The fourth-order valence-corrected chi connectivity index (χ4v) is 1.97. The molecule has 1 N–H and O–H groups in total. The Bertz CT molecular complexity index is 248. The van der Waals surface area contributed by atoms with E-state index in [1.165, 1.54) is 51.6 Å². The Morgan fingerprint density at radius 3 is 2.18 bits per heavy atom. The third-order valence-corrected chi connectivity index (χ3v) is 3.01. The Morgan fingerprint density at radius 2 is 1.71 bits per heavy atom. The minimum atomic E-state index is 0.934. The highest BCUT2D eigenvalue weighted by Gasteiger charge is 2.07. The molecule has 4 heteroatoms. The minimum absolute atomic E-state index is 0.934. The lowest BCUT2D eigenvalue weighted by Crippen LogP contribution is -2.25. The van der Waals surface area contributed by atoms with Crippen LogP contribution in [0.5, 0.6) is 0 Å². The van der Waals surface area contributed by atoms with Gasteiger partial charge in [0.15, 0.2) is 0 Å². The van der Waals surface area contributed by atoms with E-state index in [4.69, 9.17) is 0 Å². The lowest BCUT2D eigenvalue weighted by atomic mass is 10.2. The summed E-state index contributed by atoms with van der Waals surface area (Å²) < 4.78 is 0. The lowest BCUT2D eigenvalue weighted by Gasteiger charge is -2.20. The van der Waals surface area contributed by atoms with Crippen LogP contribution in [-0.4, -0.2) is 33.4 Å². The zero-order valence-electron chi connectivity index (χ0n) is 11.3. The molecule has 98 valence electrons. The molecule has 0 aliphatic heterocycles. The van der Waals surface area contributed by atoms with Crippen molar-refractivity contribution in [3.05, 3.63) is 11.9 Å². The molecule has 1 rings (SSSR count). The van der Waals surface area contributed by atoms with Gasteiger partial charge in [-0.25, -0.2) is 0 Å². The quantitative estimate of drug-likeness (QED) is 0.637. The predicted molar refractivity (Wildman–Crippen MR) is 70.7 cm³/mol. The van der Waals surface area contributed by atoms with E-state index in [9.17, 15) is 0 Å². The van der Waals surface area contributed by atoms with Gasteiger partial charge in [-0.2, -0.15) is 15.4 Å². The molecule has 0 spiro atoms. The number of H-pyrrole nitrogens is 1. The Morgan fingerprint density at radius 1 is 1.06 bits per heavy atom. The van der Waals surface area contributed by atoms with Crippen molar-refractivity contribution in [3.63, 3.8) is 0 Å². The monoisotopic (exact) mass is 238 g/mol. The Hall–Kier alpha value is -0.900. The summed E-state index contributed by atoms with van der Waals surface area (Å²) in [5.74, 6) is 0. The van der Waals surface area contributed by atoms with Crippen LogP contribution in [0.4, 0.5) is 0 Å². The number of aromatic nitrogens is 3. The summed E-state index contributed by atoms with van der Waals surface area (Å²) in [6.45, 7) is 7.80. The first-order valence-electron chi connectivity index (χ1n) is 6.93. The Kier molecular flexibility index (Phi) is 7.63. The summed E-state index contributed by atoms with van der Waals surface area (Å²) in [6, 6.07) is 0. The van der Waals surface area contributed by atoms with Crippen LogP contribution in [0.3, 0.4) is 0 Å². The molecule has 0 amide bonds. The molecular weight excluding hydrogens is 212 g/mol. The summed E-state index contributed by atoms with van der Waals surface area (Å²) in [6.07, 6.45) is 9.62. The molecule has 0 aliphatic rings. The molecule has 0 unspecified atom stereocenters. The van der Waals surface area contributed by atoms with E-state index in [2.05, 4.69) is 34.2 Å². The highest BCUT2D eigenvalue weighted by Crippen LogP contribution is 2.06. The van der Waals surface area contributed by atoms with E-state index in [0.29, 0.717) is 0 Å². The van der Waals surface area contributed by atoms with Crippen molar-refractivity contribution in [3.8, 4) is 0 Å². The van der Waals surface area contributed by atoms with E-state index >= 15 is 0 Å². The highest BCUT2D eigenvalue weighted by atomic mass is 15.3. The summed E-state index contributed by atoms with van der Waals surface area (Å²) in [5, 5.41) is 10.7. The molecule has 0 aliphatic carbocycles. The number of aromatic amines is 1. The first-order chi connectivity index (χ1) is 8.36. The molecule has 0 saturated carbocycles. The Balaban J connectivity index is 2.29. The van der Waals surface area contributed by atoms with Crippen LogP contribution in [-0.2, 0) is 6.54 Å². The van der Waals surface area contributed by atoms with Crippen LogP contribution in [0.1, 0.15) is 58.1 Å². The van der Waals surface area contributed by atoms with Gasteiger partial charge in [0.1, 0.15) is 0 Å². The van der Waals surface area contributed by atoms with Gasteiger partial charge in [0, 0.05) is 6.54 Å². The second-order valence-electron chi connectivity index (χ2n) is 4.65. The molecule has 17 heavy (non-hydrogen) atoms. The van der Waals surface area contributed by atoms with Crippen LogP contribution < -0.4 is 0 Å². The zero-order valence-corrected chi connectivity index (χ0v) is 11.3. The van der Waals surface area contributed by atoms with Gasteiger partial charge in [-0.3, -0.25) is 4.90 Å². The molecule has 1 aromatic rings. The maximum Gasteiger partial charge on any atom is 0.0964 e. The van der Waals surface area contributed by atoms with Crippen LogP contribution in [0, 0.1) is 0 Å². The Labute approximate surface area is 105 Å². The first-order valence-corrected chi connectivity index (χ1v) is 6.93. The van der Waals surface area contributed by atoms with Gasteiger partial charge < -0.3 is 0 Å². The van der Waals surface area contributed by atoms with Crippen molar-refractivity contribution in [2.45, 2.75) is 58.9 Å². The standard InChI is InChI=1S/C13H26N4/c1-3-5-7-9-17(10-8-6-4-2)12-13-11-14-16-15-13/h11H,3-10,12H2,1-2H3,(H,14,15,16). The second-order valence-corrected chi connectivity index (χ2v) is 4.65. The van der Waals surface area contributed by atoms with Gasteiger partial charge in [0.25, 0.3) is 0 Å². The van der Waals surface area contributed by atoms with Crippen LogP contribution >= 0.6 is 0 Å². The molecule has 0 aromatic carbocycles. The molecule has 0 bridgehead atoms. The maximum absolute atomic E-state index is 4.13. The third kappa shape index (κ3) is 6.41. The van der Waals surface area contributed by atoms with E-state index in [1.54, 1.807) is 0 Å². The number of hydrogen-bond acceptors (Lipinski definition) is 3. The van der Waals surface area contributed by atoms with E-state index in [0.717, 1.165) is 12.2 Å². The number of rotatable bonds is 10. The summed E-state index contributed by atoms with van der Waals surface area (Å²) in [4.78, 5) is 2.50. The first kappa shape index (κ1) is 14.2. The van der Waals surface area contributed by atoms with Crippen molar-refractivity contribution >= 4 is 0 Å². The molecule has 0 saturated heterocycles. The molecular formula is C13H26N4. The largest absolute Gasteiger partial charge is 0.297 e. The zero-order chi connectivity index (χ0) is 12.3. The molecule has 0 atom stereocenters. The van der Waals surface area contributed by atoms with Gasteiger partial charge in [0.05, 0.1) is 11.9 Å². The van der Waals surface area contributed by atoms with Gasteiger partial charge in [0.2, 0.25) is 0 Å². The minimum Gasteiger partial charge on any atom is -0.297 e. The van der Waals surface area contributed by atoms with Crippen molar-refractivity contribution in [1.82, 2.24) is 20.3 Å². The van der Waals surface area contributed by atoms with E-state index in [1.807, 2.05) is 6.20 Å². The second kappa shape index (κ2) is 9.16. The van der Waals surface area contributed by atoms with Gasteiger partial charge >= 0.3 is 0 Å². The number of unbranched alkanes of at least 4 members (excludes halogenated alkanes) is 4. The lowest BCUT2D eigenvalue weighted by molar-refractivity contribution is 0.251. The third-order valence-electron chi connectivity index (χ3n) is 3.01. The maximum atomic E-state index is 4.13. The van der Waals surface area contributed by atoms with Crippen molar-refractivity contribution in [2.24, 2.45) is 0 Å². The predicted octanol–water partition coefficient (Wildman–Crippen LogP) is 2.99. The van der Waals surface area contributed by atoms with Crippen molar-refractivity contribution in [2.75, 3.05) is 13.1 Å². The fraction of sp³-hybridized carbons (Fsp3) is 0.846. The molecule has 1 heterocycles. The SMILES string of the molecule is CCCCCN(CCCCC)Cc1cn[nH]n1. The summed E-state index contributed by atoms with van der Waals surface area (Å²) in [5.41, 5.74) is 1.05. The molecule has 0 radical (unpaired) electrons. The average Bonchev–Trinajstić information content (AvgIpc) is 2.82. The molecule has 4 nitrogen and oxygen atoms in total. The normalized spacial score (nSPS) is 11.2. The van der Waals surface area contributed by atoms with Crippen LogP contribution in [0.2, 0.25) is 0 Å². The topological polar surface area (TPSA) is 44.8 Å². The highest BCUT2D eigenvalue weighted by molar-refractivity contribution is 4.90. The number of nitrogens with one attached hydrogen (secondary N) is 1. The average molecular weight is 238 g/mol. The fourth-order valence-electron chi connectivity index (χ4n) is 1.97. The summed E-state index contributed by atoms with van der Waals surface area (Å²) in [7, 11) is 0. The van der Waals surface area contributed by atoms with Gasteiger partial charge in [-0.05, 0) is 25.9 Å². The molecule has 1 aromatic heterocycles. The molecule has 0 fully saturated rings. The summed E-state index contributed by atoms with van der Waals surface area (Å²) >= 11 is 0. The van der Waals surface area contributed by atoms with Crippen LogP contribution in [0.15, 0.2) is 6.20 Å². The number of nitrogens with zero attached hydrogens (tertiary/aromatic N) is 3.